The first-order chi connectivity index (χ1) is 7.58. The highest BCUT2D eigenvalue weighted by molar-refractivity contribution is 7.91. The molecule has 89 valence electrons. The summed E-state index contributed by atoms with van der Waals surface area (Å²) >= 11 is 0. The van der Waals surface area contributed by atoms with Gasteiger partial charge in [-0.15, -0.1) is 0 Å². The van der Waals surface area contributed by atoms with E-state index in [4.69, 9.17) is 0 Å². The first-order valence-electron chi connectivity index (χ1n) is 5.07. The Bertz CT molecular complexity index is 430. The third-order valence-electron chi connectivity index (χ3n) is 2.16. The van der Waals surface area contributed by atoms with Crippen LogP contribution in [0.3, 0.4) is 0 Å². The van der Waals surface area contributed by atoms with Gasteiger partial charge in [0.05, 0.1) is 12.4 Å². The predicted molar refractivity (Wildman–Crippen MR) is 56.9 cm³/mol. The Hall–Kier alpha value is -1.14. The van der Waals surface area contributed by atoms with Crippen LogP contribution in [0.2, 0.25) is 0 Å². The zero-order valence-electron chi connectivity index (χ0n) is 8.83. The lowest BCUT2D eigenvalue weighted by molar-refractivity contribution is -0.646. The standard InChI is InChI=1S/C10H14NO4S/c12-8-4-1-5-9-16(14,15)10-6-2-3-7-11(10)13/h2-3,6-7H,1,4-5,8-9H2. The van der Waals surface area contributed by atoms with Gasteiger partial charge in [0.25, 0.3) is 0 Å². The summed E-state index contributed by atoms with van der Waals surface area (Å²) in [6.07, 6.45) is 2.63. The molecule has 5 nitrogen and oxygen atoms in total. The van der Waals surface area contributed by atoms with Crippen molar-refractivity contribution in [3.8, 4) is 0 Å². The Labute approximate surface area is 94.9 Å². The van der Waals surface area contributed by atoms with Gasteiger partial charge in [0, 0.05) is 12.1 Å². The van der Waals surface area contributed by atoms with Crippen LogP contribution in [0.1, 0.15) is 19.3 Å². The molecule has 0 unspecified atom stereocenters. The minimum atomic E-state index is -3.52. The van der Waals surface area contributed by atoms with E-state index in [9.17, 15) is 18.7 Å². The van der Waals surface area contributed by atoms with E-state index in [-0.39, 0.29) is 17.4 Å². The molecule has 0 aromatic carbocycles. The van der Waals surface area contributed by atoms with Crippen LogP contribution in [-0.2, 0) is 14.9 Å². The van der Waals surface area contributed by atoms with Gasteiger partial charge in [0.1, 0.15) is 0 Å². The summed E-state index contributed by atoms with van der Waals surface area (Å²) < 4.78 is 23.8. The maximum Gasteiger partial charge on any atom is 0.308 e. The van der Waals surface area contributed by atoms with Crippen LogP contribution in [0.15, 0.2) is 29.4 Å². The predicted octanol–water partition coefficient (Wildman–Crippen LogP) is 0.695. The van der Waals surface area contributed by atoms with Crippen molar-refractivity contribution in [1.82, 2.24) is 0 Å². The molecule has 1 aromatic rings. The van der Waals surface area contributed by atoms with E-state index >= 15 is 0 Å². The Balaban J connectivity index is 2.68. The Morgan fingerprint density at radius 2 is 1.94 bits per heavy atom. The highest BCUT2D eigenvalue weighted by Crippen LogP contribution is 2.08. The summed E-state index contributed by atoms with van der Waals surface area (Å²) in [6.45, 7) is -0.188. The van der Waals surface area contributed by atoms with E-state index in [1.807, 2.05) is 0 Å². The molecular weight excluding hydrogens is 230 g/mol. The van der Waals surface area contributed by atoms with E-state index < -0.39 is 9.84 Å². The zero-order chi connectivity index (χ0) is 12.0. The second-order valence-corrected chi connectivity index (χ2v) is 5.50. The van der Waals surface area contributed by atoms with Gasteiger partial charge in [-0.2, -0.15) is 4.73 Å². The van der Waals surface area contributed by atoms with Gasteiger partial charge in [-0.1, -0.05) is 6.42 Å². The Morgan fingerprint density at radius 3 is 2.56 bits per heavy atom. The van der Waals surface area contributed by atoms with Crippen molar-refractivity contribution in [3.05, 3.63) is 29.6 Å². The van der Waals surface area contributed by atoms with Crippen LogP contribution in [0.4, 0.5) is 0 Å². The van der Waals surface area contributed by atoms with Crippen molar-refractivity contribution < 1.29 is 18.3 Å². The van der Waals surface area contributed by atoms with Crippen molar-refractivity contribution in [1.29, 1.82) is 0 Å². The second-order valence-electron chi connectivity index (χ2n) is 3.45. The molecule has 1 rings (SSSR count). The second kappa shape index (κ2) is 5.81. The summed E-state index contributed by atoms with van der Waals surface area (Å²) in [5.41, 5.74) is 0. The van der Waals surface area contributed by atoms with Crippen LogP contribution in [0.5, 0.6) is 0 Å². The number of sulfone groups is 1. The van der Waals surface area contributed by atoms with Gasteiger partial charge in [0.2, 0.25) is 9.84 Å². The monoisotopic (exact) mass is 244 g/mol. The van der Waals surface area contributed by atoms with Crippen LogP contribution in [-0.4, -0.2) is 20.8 Å². The number of hydrogen-bond donors (Lipinski definition) is 0. The van der Waals surface area contributed by atoms with Gasteiger partial charge in [-0.05, 0) is 18.9 Å². The summed E-state index contributed by atoms with van der Waals surface area (Å²) in [5, 5.41) is 21.2. The Morgan fingerprint density at radius 1 is 1.19 bits per heavy atom. The average molecular weight is 244 g/mol. The molecule has 0 bridgehead atoms. The third-order valence-corrected chi connectivity index (χ3v) is 3.94. The fourth-order valence-corrected chi connectivity index (χ4v) is 2.74. The third kappa shape index (κ3) is 3.46. The van der Waals surface area contributed by atoms with Crippen molar-refractivity contribution >= 4 is 9.84 Å². The number of hydrogen-bond acceptors (Lipinski definition) is 3. The molecule has 0 fully saturated rings. The van der Waals surface area contributed by atoms with E-state index in [0.717, 1.165) is 6.20 Å². The SMILES string of the molecule is [O]CCCCCS(=O)(=O)c1cccc[n+]1[O-]. The molecule has 6 heteroatoms. The average Bonchev–Trinajstić information content (AvgIpc) is 2.25. The molecule has 0 aliphatic heterocycles. The lowest BCUT2D eigenvalue weighted by atomic mass is 10.3. The smallest absolute Gasteiger partial charge is 0.308 e. The molecule has 1 aromatic heterocycles. The largest absolute Gasteiger partial charge is 0.618 e. The van der Waals surface area contributed by atoms with Crippen LogP contribution >= 0.6 is 0 Å². The zero-order valence-corrected chi connectivity index (χ0v) is 9.65. The maximum absolute atomic E-state index is 11.7. The van der Waals surface area contributed by atoms with Crippen LogP contribution < -0.4 is 4.73 Å². The molecule has 0 spiro atoms. The normalized spacial score (nSPS) is 11.6. The molecular formula is C10H14NO4S. The van der Waals surface area contributed by atoms with E-state index in [2.05, 4.69) is 0 Å². The van der Waals surface area contributed by atoms with Crippen molar-refractivity contribution in [2.45, 2.75) is 24.3 Å². The number of rotatable bonds is 6. The fraction of sp³-hybridized carbons (Fsp3) is 0.500. The van der Waals surface area contributed by atoms with Crippen molar-refractivity contribution in [3.63, 3.8) is 0 Å². The highest BCUT2D eigenvalue weighted by atomic mass is 32.2. The number of pyridine rings is 1. The first-order valence-corrected chi connectivity index (χ1v) is 6.72. The lowest BCUT2D eigenvalue weighted by Gasteiger charge is -2.04. The topological polar surface area (TPSA) is 81.0 Å². The van der Waals surface area contributed by atoms with E-state index in [0.29, 0.717) is 24.0 Å². The summed E-state index contributed by atoms with van der Waals surface area (Å²) in [6, 6.07) is 4.28. The minimum Gasteiger partial charge on any atom is -0.618 e. The molecule has 0 aliphatic carbocycles. The van der Waals surface area contributed by atoms with E-state index in [1.165, 1.54) is 18.2 Å². The van der Waals surface area contributed by atoms with Gasteiger partial charge in [-0.3, -0.25) is 0 Å². The van der Waals surface area contributed by atoms with Crippen molar-refractivity contribution in [2.75, 3.05) is 12.4 Å². The minimum absolute atomic E-state index is 0.0841. The molecule has 0 saturated carbocycles. The molecule has 0 atom stereocenters. The summed E-state index contributed by atoms with van der Waals surface area (Å²) in [4.78, 5) is 0. The lowest BCUT2D eigenvalue weighted by Crippen LogP contribution is -2.34. The quantitative estimate of drug-likeness (QED) is 0.419. The van der Waals surface area contributed by atoms with Gasteiger partial charge in [-0.25, -0.2) is 13.5 Å². The number of nitrogens with zero attached hydrogens (tertiary/aromatic N) is 1. The van der Waals surface area contributed by atoms with Crippen LogP contribution in [0, 0.1) is 5.21 Å². The maximum atomic E-state index is 11.7. The molecule has 16 heavy (non-hydrogen) atoms. The summed E-state index contributed by atoms with van der Waals surface area (Å²) in [7, 11) is -3.52. The molecule has 1 heterocycles. The van der Waals surface area contributed by atoms with Gasteiger partial charge in [0.15, 0.2) is 6.20 Å². The van der Waals surface area contributed by atoms with E-state index in [1.54, 1.807) is 0 Å². The number of unbranched alkanes of at least 4 members (excludes halogenated alkanes) is 2. The molecule has 0 amide bonds. The van der Waals surface area contributed by atoms with Gasteiger partial charge < -0.3 is 5.21 Å². The summed E-state index contributed by atoms with van der Waals surface area (Å²) in [5.74, 6) is -0.0841. The fourth-order valence-electron chi connectivity index (χ4n) is 1.33. The van der Waals surface area contributed by atoms with Crippen molar-refractivity contribution in [2.24, 2.45) is 0 Å². The van der Waals surface area contributed by atoms with Crippen LogP contribution in [0.25, 0.3) is 0 Å². The molecule has 0 N–H and O–H groups in total. The highest BCUT2D eigenvalue weighted by Gasteiger charge is 2.22. The Kier molecular flexibility index (Phi) is 4.70. The molecule has 0 aliphatic rings. The molecule has 0 saturated heterocycles. The first kappa shape index (κ1) is 12.9. The molecule has 1 radical (unpaired) electrons. The number of aromatic nitrogens is 1. The van der Waals surface area contributed by atoms with Gasteiger partial charge >= 0.3 is 5.03 Å².